The molecule has 1 aliphatic rings. The van der Waals surface area contributed by atoms with Crippen LogP contribution in [0.1, 0.15) is 11.5 Å². The predicted molar refractivity (Wildman–Crippen MR) is 119 cm³/mol. The van der Waals surface area contributed by atoms with Crippen molar-refractivity contribution in [2.75, 3.05) is 53.6 Å². The Morgan fingerprint density at radius 1 is 1.17 bits per heavy atom. The largest absolute Gasteiger partial charge is 0.464 e. The fraction of sp³-hybridized carbons (Fsp3) is 0.556. The lowest BCUT2D eigenvalue weighted by atomic mass is 10.3. The zero-order valence-electron chi connectivity index (χ0n) is 17.8. The number of carbonyl (C=O) groups is 1. The molecule has 1 aromatic rings. The first-order chi connectivity index (χ1) is 14.1. The minimum atomic E-state index is -4.10. The van der Waals surface area contributed by atoms with Crippen LogP contribution in [0.4, 0.5) is 0 Å². The van der Waals surface area contributed by atoms with E-state index in [1.807, 2.05) is 50.1 Å². The molecule has 10 nitrogen and oxygen atoms in total. The minimum absolute atomic E-state index is 0.0135. The molecule has 0 unspecified atom stereocenters. The van der Waals surface area contributed by atoms with Crippen molar-refractivity contribution >= 4 is 33.5 Å². The van der Waals surface area contributed by atoms with Gasteiger partial charge in [-0.2, -0.15) is 20.2 Å². The Hall–Kier alpha value is -2.02. The average Bonchev–Trinajstić information content (AvgIpc) is 3.15. The van der Waals surface area contributed by atoms with Crippen molar-refractivity contribution in [3.63, 3.8) is 0 Å². The van der Waals surface area contributed by atoms with E-state index in [1.54, 1.807) is 11.8 Å². The first-order valence-electron chi connectivity index (χ1n) is 9.42. The number of amides is 1. The minimum Gasteiger partial charge on any atom is -0.464 e. The Morgan fingerprint density at radius 3 is 2.53 bits per heavy atom. The number of carbonyl (C=O) groups excluding carboxylic acids is 1. The standard InChI is InChI=1S/C18H30N6O4S2/c1-23(2)9-7-21-18(25)16-15(19)17(22-30(16,26)27)20-8-10-29-12-14-6-5-13(28-14)11-24(3)4/h5-6H,7-12,19H2,1-4H3,(H,20,22)(H,21,25). The molecule has 30 heavy (non-hydrogen) atoms. The Balaban J connectivity index is 1.81. The van der Waals surface area contributed by atoms with Crippen molar-refractivity contribution in [1.29, 1.82) is 0 Å². The number of nitrogens with one attached hydrogen (secondary N) is 2. The van der Waals surface area contributed by atoms with E-state index in [-0.39, 0.29) is 11.5 Å². The van der Waals surface area contributed by atoms with E-state index < -0.39 is 20.8 Å². The van der Waals surface area contributed by atoms with Crippen molar-refractivity contribution in [1.82, 2.24) is 20.4 Å². The van der Waals surface area contributed by atoms with Gasteiger partial charge >= 0.3 is 0 Å². The highest BCUT2D eigenvalue weighted by atomic mass is 32.2. The molecule has 0 aromatic carbocycles. The van der Waals surface area contributed by atoms with Crippen LogP contribution in [0.3, 0.4) is 0 Å². The smallest absolute Gasteiger partial charge is 0.292 e. The second-order valence-corrected chi connectivity index (χ2v) is 9.95. The Bertz CT molecular complexity index is 906. The molecule has 0 saturated heterocycles. The summed E-state index contributed by atoms with van der Waals surface area (Å²) in [6.07, 6.45) is 0. The van der Waals surface area contributed by atoms with Crippen molar-refractivity contribution in [3.05, 3.63) is 34.3 Å². The van der Waals surface area contributed by atoms with Gasteiger partial charge in [-0.25, -0.2) is 0 Å². The van der Waals surface area contributed by atoms with Crippen LogP contribution < -0.4 is 16.4 Å². The number of thioether (sulfide) groups is 1. The van der Waals surface area contributed by atoms with Gasteiger partial charge in [0.25, 0.3) is 15.9 Å². The molecule has 168 valence electrons. The zero-order chi connectivity index (χ0) is 22.3. The molecule has 12 heteroatoms. The lowest BCUT2D eigenvalue weighted by molar-refractivity contribution is -0.116. The Labute approximate surface area is 182 Å². The SMILES string of the molecule is CN(C)CCNC(=O)C1=C(N)C(NCCSCc2ccc(CN(C)C)o2)=NS1(=O)=O. The number of hydrogen-bond donors (Lipinski definition) is 3. The first kappa shape index (κ1) is 24.3. The summed E-state index contributed by atoms with van der Waals surface area (Å²) in [5, 5.41) is 5.46. The first-order valence-corrected chi connectivity index (χ1v) is 12.0. The number of likely N-dealkylation sites (N-methyl/N-ethyl adjacent to an activating group) is 1. The van der Waals surface area contributed by atoms with Gasteiger partial charge in [0.2, 0.25) is 0 Å². The maximum absolute atomic E-state index is 12.2. The molecule has 1 aliphatic heterocycles. The van der Waals surface area contributed by atoms with Crippen molar-refractivity contribution in [2.24, 2.45) is 10.1 Å². The van der Waals surface area contributed by atoms with Gasteiger partial charge in [0.1, 0.15) is 17.2 Å². The summed E-state index contributed by atoms with van der Waals surface area (Å²) >= 11 is 1.63. The van der Waals surface area contributed by atoms with Gasteiger partial charge in [-0.3, -0.25) is 4.79 Å². The van der Waals surface area contributed by atoms with Gasteiger partial charge in [-0.1, -0.05) is 0 Å². The van der Waals surface area contributed by atoms with Crippen molar-refractivity contribution in [3.8, 4) is 0 Å². The van der Waals surface area contributed by atoms with E-state index in [4.69, 9.17) is 10.2 Å². The Morgan fingerprint density at radius 2 is 1.87 bits per heavy atom. The fourth-order valence-corrected chi connectivity index (χ4v) is 4.54. The Kier molecular flexibility index (Phi) is 8.77. The van der Waals surface area contributed by atoms with E-state index in [9.17, 15) is 13.2 Å². The van der Waals surface area contributed by atoms with Gasteiger partial charge in [0.05, 0.1) is 12.3 Å². The molecule has 0 atom stereocenters. The number of sulfonamides is 1. The van der Waals surface area contributed by atoms with E-state index in [1.165, 1.54) is 0 Å². The molecule has 0 spiro atoms. The molecule has 4 N–H and O–H groups in total. The predicted octanol–water partition coefficient (Wildman–Crippen LogP) is -0.246. The monoisotopic (exact) mass is 458 g/mol. The number of hydrogen-bond acceptors (Lipinski definition) is 9. The lowest BCUT2D eigenvalue weighted by Gasteiger charge is -2.10. The third-order valence-corrected chi connectivity index (χ3v) is 6.32. The van der Waals surface area contributed by atoms with E-state index >= 15 is 0 Å². The van der Waals surface area contributed by atoms with Crippen molar-refractivity contribution in [2.45, 2.75) is 12.3 Å². The second kappa shape index (κ2) is 10.8. The van der Waals surface area contributed by atoms with Crippen LogP contribution in [0.25, 0.3) is 0 Å². The molecule has 1 aromatic heterocycles. The number of rotatable bonds is 11. The van der Waals surface area contributed by atoms with Crippen LogP contribution in [-0.2, 0) is 27.1 Å². The molecular formula is C18H30N6O4S2. The van der Waals surface area contributed by atoms with Gasteiger partial charge in [-0.05, 0) is 40.3 Å². The highest BCUT2D eigenvalue weighted by Crippen LogP contribution is 2.20. The summed E-state index contributed by atoms with van der Waals surface area (Å²) in [7, 11) is 3.56. The zero-order valence-corrected chi connectivity index (χ0v) is 19.4. The third kappa shape index (κ3) is 7.04. The number of nitrogens with two attached hydrogens (primary N) is 1. The summed E-state index contributed by atoms with van der Waals surface area (Å²) in [5.41, 5.74) is 5.74. The normalized spacial score (nSPS) is 15.7. The molecule has 0 bridgehead atoms. The van der Waals surface area contributed by atoms with Crippen molar-refractivity contribution < 1.29 is 17.6 Å². The fourth-order valence-electron chi connectivity index (χ4n) is 2.61. The number of nitrogens with zero attached hydrogens (tertiary/aromatic N) is 3. The summed E-state index contributed by atoms with van der Waals surface area (Å²) in [6, 6.07) is 3.91. The maximum atomic E-state index is 12.2. The van der Waals surface area contributed by atoms with E-state index in [0.717, 1.165) is 18.1 Å². The molecule has 2 rings (SSSR count). The van der Waals surface area contributed by atoms with Crippen LogP contribution in [0.5, 0.6) is 0 Å². The van der Waals surface area contributed by atoms with Gasteiger partial charge in [0, 0.05) is 25.4 Å². The summed E-state index contributed by atoms with van der Waals surface area (Å²) in [5.74, 6) is 2.45. The van der Waals surface area contributed by atoms with Gasteiger partial charge in [-0.15, -0.1) is 4.40 Å². The third-order valence-electron chi connectivity index (χ3n) is 3.99. The maximum Gasteiger partial charge on any atom is 0.292 e. The van der Waals surface area contributed by atoms with Crippen LogP contribution >= 0.6 is 11.8 Å². The highest BCUT2D eigenvalue weighted by molar-refractivity contribution is 7.98. The van der Waals surface area contributed by atoms with Crippen LogP contribution in [0.15, 0.2) is 31.5 Å². The average molecular weight is 459 g/mol. The topological polar surface area (TPSA) is 133 Å². The van der Waals surface area contributed by atoms with E-state index in [2.05, 4.69) is 15.0 Å². The number of furan rings is 1. The van der Waals surface area contributed by atoms with Crippen LogP contribution in [0.2, 0.25) is 0 Å². The molecule has 0 aliphatic carbocycles. The molecule has 2 heterocycles. The molecule has 0 fully saturated rings. The highest BCUT2D eigenvalue weighted by Gasteiger charge is 2.35. The van der Waals surface area contributed by atoms with Gasteiger partial charge < -0.3 is 30.6 Å². The summed E-state index contributed by atoms with van der Waals surface area (Å²) < 4.78 is 33.8. The summed E-state index contributed by atoms with van der Waals surface area (Å²) in [6.45, 7) is 2.08. The molecular weight excluding hydrogens is 428 g/mol. The molecule has 1 amide bonds. The van der Waals surface area contributed by atoms with Crippen LogP contribution in [-0.4, -0.2) is 83.5 Å². The quantitative estimate of drug-likeness (QED) is 0.384. The lowest BCUT2D eigenvalue weighted by Crippen LogP contribution is -2.35. The number of amidine groups is 1. The molecule has 0 radical (unpaired) electrons. The van der Waals surface area contributed by atoms with E-state index in [0.29, 0.717) is 31.1 Å². The second-order valence-electron chi connectivity index (χ2n) is 7.30. The summed E-state index contributed by atoms with van der Waals surface area (Å²) in [4.78, 5) is 15.6. The molecule has 0 saturated carbocycles. The van der Waals surface area contributed by atoms with Gasteiger partial charge in [0.15, 0.2) is 10.7 Å². The van der Waals surface area contributed by atoms with Crippen LogP contribution in [0, 0.1) is 0 Å².